The van der Waals surface area contributed by atoms with Gasteiger partial charge >= 0.3 is 0 Å². The second kappa shape index (κ2) is 7.84. The van der Waals surface area contributed by atoms with Gasteiger partial charge in [0.2, 0.25) is 11.8 Å². The highest BCUT2D eigenvalue weighted by Crippen LogP contribution is 2.30. The predicted octanol–water partition coefficient (Wildman–Crippen LogP) is 2.78. The maximum Gasteiger partial charge on any atom is 0.229 e. The third kappa shape index (κ3) is 3.52. The van der Waals surface area contributed by atoms with Gasteiger partial charge < -0.3 is 9.64 Å². The lowest BCUT2D eigenvalue weighted by molar-refractivity contribution is -0.139. The fourth-order valence-electron chi connectivity index (χ4n) is 4.08. The lowest BCUT2D eigenvalue weighted by Crippen LogP contribution is -2.36. The minimum atomic E-state index is -0.0941. The van der Waals surface area contributed by atoms with Crippen LogP contribution in [0.15, 0.2) is 48.8 Å². The maximum atomic E-state index is 12.0. The number of carbonyl (C=O) groups is 2. The summed E-state index contributed by atoms with van der Waals surface area (Å²) in [5.74, 6) is 0.737. The Bertz CT molecular complexity index is 1110. The number of rotatable bonds is 4. The van der Waals surface area contributed by atoms with Crippen molar-refractivity contribution >= 4 is 28.5 Å². The van der Waals surface area contributed by atoms with Crippen LogP contribution in [0.1, 0.15) is 18.4 Å². The fraction of sp³-hybridized carbons (Fsp3) is 0.304. The summed E-state index contributed by atoms with van der Waals surface area (Å²) in [6.07, 6.45) is 2.23. The first-order chi connectivity index (χ1) is 14.7. The number of imide groups is 1. The molecule has 0 atom stereocenters. The Balaban J connectivity index is 1.49. The van der Waals surface area contributed by atoms with E-state index >= 15 is 0 Å². The number of nitrogens with zero attached hydrogens (tertiary/aromatic N) is 4. The van der Waals surface area contributed by atoms with Crippen molar-refractivity contribution in [2.45, 2.75) is 19.4 Å². The van der Waals surface area contributed by atoms with E-state index in [-0.39, 0.29) is 11.8 Å². The number of fused-ring (bicyclic) bond motifs is 1. The van der Waals surface area contributed by atoms with Gasteiger partial charge in [-0.15, -0.1) is 0 Å². The summed E-state index contributed by atoms with van der Waals surface area (Å²) in [6.45, 7) is 3.33. The zero-order valence-corrected chi connectivity index (χ0v) is 16.6. The van der Waals surface area contributed by atoms with Crippen LogP contribution >= 0.6 is 0 Å². The van der Waals surface area contributed by atoms with Crippen LogP contribution in [-0.4, -0.2) is 53.0 Å². The first-order valence-electron chi connectivity index (χ1n) is 10.2. The number of likely N-dealkylation sites (tertiary alicyclic amines) is 1. The lowest BCUT2D eigenvalue weighted by Gasteiger charge is -2.28. The van der Waals surface area contributed by atoms with Crippen LogP contribution in [0.2, 0.25) is 0 Å². The first-order valence-corrected chi connectivity index (χ1v) is 10.2. The molecule has 0 spiro atoms. The van der Waals surface area contributed by atoms with Gasteiger partial charge in [0, 0.05) is 31.3 Å². The largest absolute Gasteiger partial charge is 0.378 e. The predicted molar refractivity (Wildman–Crippen MR) is 113 cm³/mol. The van der Waals surface area contributed by atoms with Crippen LogP contribution in [0.25, 0.3) is 22.0 Å². The number of hydrogen-bond donors (Lipinski definition) is 0. The SMILES string of the molecule is O=C1CCC(=O)N1Cc1cccc(-c2ccc3ncnc(N4CCOCC4)c3c2)c1. The summed E-state index contributed by atoms with van der Waals surface area (Å²) in [5, 5.41) is 1.01. The molecule has 3 heterocycles. The van der Waals surface area contributed by atoms with Gasteiger partial charge in [0.15, 0.2) is 0 Å². The van der Waals surface area contributed by atoms with Crippen LogP contribution in [0.4, 0.5) is 5.82 Å². The monoisotopic (exact) mass is 402 g/mol. The van der Waals surface area contributed by atoms with Gasteiger partial charge in [-0.25, -0.2) is 9.97 Å². The summed E-state index contributed by atoms with van der Waals surface area (Å²) < 4.78 is 5.47. The summed E-state index contributed by atoms with van der Waals surface area (Å²) in [6, 6.07) is 14.2. The quantitative estimate of drug-likeness (QED) is 0.625. The normalized spacial score (nSPS) is 17.2. The number of morpholine rings is 1. The molecule has 152 valence electrons. The van der Waals surface area contributed by atoms with Crippen LogP contribution < -0.4 is 4.90 Å². The number of anilines is 1. The minimum absolute atomic E-state index is 0.0941. The molecule has 0 bridgehead atoms. The van der Waals surface area contributed by atoms with Gasteiger partial charge in [-0.3, -0.25) is 14.5 Å². The Hall–Kier alpha value is -3.32. The molecule has 0 aliphatic carbocycles. The molecular formula is C23H22N4O3. The van der Waals surface area contributed by atoms with Crippen molar-refractivity contribution in [3.63, 3.8) is 0 Å². The van der Waals surface area contributed by atoms with Crippen LogP contribution in [0.5, 0.6) is 0 Å². The smallest absolute Gasteiger partial charge is 0.229 e. The second-order valence-corrected chi connectivity index (χ2v) is 7.60. The van der Waals surface area contributed by atoms with E-state index in [0.29, 0.717) is 32.6 Å². The third-order valence-corrected chi connectivity index (χ3v) is 5.68. The van der Waals surface area contributed by atoms with E-state index < -0.39 is 0 Å². The van der Waals surface area contributed by atoms with E-state index in [4.69, 9.17) is 4.74 Å². The van der Waals surface area contributed by atoms with Crippen molar-refractivity contribution < 1.29 is 14.3 Å². The molecular weight excluding hydrogens is 380 g/mol. The molecule has 5 rings (SSSR count). The van der Waals surface area contributed by atoms with Crippen molar-refractivity contribution in [1.82, 2.24) is 14.9 Å². The molecule has 0 saturated carbocycles. The third-order valence-electron chi connectivity index (χ3n) is 5.68. The molecule has 1 aromatic heterocycles. The molecule has 0 N–H and O–H groups in total. The van der Waals surface area contributed by atoms with Gasteiger partial charge in [-0.1, -0.05) is 24.3 Å². The number of hydrogen-bond acceptors (Lipinski definition) is 6. The molecule has 2 aliphatic rings. The van der Waals surface area contributed by atoms with Gasteiger partial charge in [0.05, 0.1) is 25.3 Å². The topological polar surface area (TPSA) is 75.6 Å². The summed E-state index contributed by atoms with van der Waals surface area (Å²) in [4.78, 5) is 36.5. The summed E-state index contributed by atoms with van der Waals surface area (Å²) in [7, 11) is 0. The van der Waals surface area contributed by atoms with Crippen molar-refractivity contribution in [3.8, 4) is 11.1 Å². The molecule has 2 saturated heterocycles. The average Bonchev–Trinajstić information content (AvgIpc) is 3.11. The Kier molecular flexibility index (Phi) is 4.88. The van der Waals surface area contributed by atoms with E-state index in [1.807, 2.05) is 36.4 Å². The molecule has 0 unspecified atom stereocenters. The maximum absolute atomic E-state index is 12.0. The van der Waals surface area contributed by atoms with E-state index in [1.165, 1.54) is 4.90 Å². The fourth-order valence-corrected chi connectivity index (χ4v) is 4.08. The van der Waals surface area contributed by atoms with Crippen molar-refractivity contribution in [2.24, 2.45) is 0 Å². The van der Waals surface area contributed by atoms with Gasteiger partial charge in [-0.05, 0) is 34.9 Å². The molecule has 7 nitrogen and oxygen atoms in total. The molecule has 2 amide bonds. The molecule has 3 aromatic rings. The Morgan fingerprint density at radius 2 is 1.67 bits per heavy atom. The van der Waals surface area contributed by atoms with Crippen molar-refractivity contribution in [1.29, 1.82) is 0 Å². The number of carbonyl (C=O) groups excluding carboxylic acids is 2. The van der Waals surface area contributed by atoms with Crippen LogP contribution in [0, 0.1) is 0 Å². The second-order valence-electron chi connectivity index (χ2n) is 7.60. The molecule has 0 radical (unpaired) electrons. The molecule has 30 heavy (non-hydrogen) atoms. The highest BCUT2D eigenvalue weighted by molar-refractivity contribution is 6.01. The molecule has 2 fully saturated rings. The number of amides is 2. The Labute approximate surface area is 174 Å². The molecule has 2 aromatic carbocycles. The lowest BCUT2D eigenvalue weighted by atomic mass is 10.0. The van der Waals surface area contributed by atoms with E-state index in [1.54, 1.807) is 6.33 Å². The molecule has 7 heteroatoms. The van der Waals surface area contributed by atoms with E-state index in [2.05, 4.69) is 20.9 Å². The summed E-state index contributed by atoms with van der Waals surface area (Å²) >= 11 is 0. The highest BCUT2D eigenvalue weighted by atomic mass is 16.5. The zero-order valence-electron chi connectivity index (χ0n) is 16.6. The number of aromatic nitrogens is 2. The van der Waals surface area contributed by atoms with Gasteiger partial charge in [0.1, 0.15) is 12.1 Å². The zero-order chi connectivity index (χ0) is 20.5. The first kappa shape index (κ1) is 18.7. The van der Waals surface area contributed by atoms with Crippen LogP contribution in [-0.2, 0) is 20.9 Å². The average molecular weight is 402 g/mol. The van der Waals surface area contributed by atoms with Gasteiger partial charge in [0.25, 0.3) is 0 Å². The van der Waals surface area contributed by atoms with Crippen molar-refractivity contribution in [3.05, 3.63) is 54.4 Å². The Morgan fingerprint density at radius 3 is 2.47 bits per heavy atom. The van der Waals surface area contributed by atoms with Gasteiger partial charge in [-0.2, -0.15) is 0 Å². The number of benzene rings is 2. The van der Waals surface area contributed by atoms with E-state index in [9.17, 15) is 9.59 Å². The van der Waals surface area contributed by atoms with Crippen LogP contribution in [0.3, 0.4) is 0 Å². The number of ether oxygens (including phenoxy) is 1. The summed E-state index contributed by atoms with van der Waals surface area (Å²) in [5.41, 5.74) is 3.92. The minimum Gasteiger partial charge on any atom is -0.378 e. The Morgan fingerprint density at radius 1 is 0.900 bits per heavy atom. The van der Waals surface area contributed by atoms with Crippen molar-refractivity contribution in [2.75, 3.05) is 31.2 Å². The van der Waals surface area contributed by atoms with E-state index in [0.717, 1.165) is 46.5 Å². The molecule has 2 aliphatic heterocycles. The standard InChI is InChI=1S/C23H22N4O3/c28-21-6-7-22(29)27(21)14-16-2-1-3-17(12-16)18-4-5-20-19(13-18)23(25-15-24-20)26-8-10-30-11-9-26/h1-5,12-13,15H,6-11,14H2. The highest BCUT2D eigenvalue weighted by Gasteiger charge is 2.28.